The highest BCUT2D eigenvalue weighted by Gasteiger charge is 2.31. The Bertz CT molecular complexity index is 1560. The normalized spacial score (nSPS) is 13.1. The van der Waals surface area contributed by atoms with Crippen LogP contribution in [0, 0.1) is 37.5 Å². The number of hydrogen-bond acceptors (Lipinski definition) is 12. The average Bonchev–Trinajstić information content (AvgIpc) is 3.74. The summed E-state index contributed by atoms with van der Waals surface area (Å²) in [6.07, 6.45) is -0.330. The number of primary amides is 2. The third kappa shape index (κ3) is 18.1. The Labute approximate surface area is 331 Å². The second-order valence-electron chi connectivity index (χ2n) is 13.5. The number of hydrogen-bond donors (Lipinski definition) is 4. The molecule has 22 heteroatoms. The van der Waals surface area contributed by atoms with Crippen LogP contribution in [-0.4, -0.2) is 91.7 Å². The van der Waals surface area contributed by atoms with E-state index in [1.54, 1.807) is 13.8 Å². The Morgan fingerprint density at radius 2 is 1.00 bits per heavy atom. The van der Waals surface area contributed by atoms with Gasteiger partial charge in [0, 0.05) is 49.7 Å². The maximum atomic E-state index is 13.2. The zero-order valence-corrected chi connectivity index (χ0v) is 33.3. The van der Waals surface area contributed by atoms with Crippen LogP contribution < -0.4 is 22.3 Å². The molecule has 0 saturated carbocycles. The minimum Gasteiger partial charge on any atom is -0.370 e. The first-order valence-corrected chi connectivity index (χ1v) is 18.2. The monoisotopic (exact) mass is 836 g/mol. The van der Waals surface area contributed by atoms with Crippen molar-refractivity contribution in [2.45, 2.75) is 91.3 Å². The van der Waals surface area contributed by atoms with E-state index in [2.05, 4.69) is 21.2 Å². The molecule has 4 atom stereocenters. The highest BCUT2D eigenvalue weighted by molar-refractivity contribution is 6.29. The van der Waals surface area contributed by atoms with E-state index < -0.39 is 70.1 Å². The number of ketones is 2. The molecule has 312 valence electrons. The Morgan fingerprint density at radius 1 is 0.679 bits per heavy atom. The Morgan fingerprint density at radius 3 is 1.23 bits per heavy atom. The van der Waals surface area contributed by atoms with E-state index >= 15 is 0 Å². The summed E-state index contributed by atoms with van der Waals surface area (Å²) in [5.74, 6) is -6.77. The topological polar surface area (TPSA) is 271 Å². The number of halogens is 4. The SMILES string of the molecule is Cc1cc(C(=O)C[C@@H](CC(C)C)C(=O)NN(CCC(N)=O)C(=O)[C@@H](F)Cl)no1.Cc1cc(C(=O)C[C@@H](CC(C)C)C(=O)NN(CCC(N)=O)C(=O)[C@H](F)Cl)no1. The number of aryl methyl sites for hydroxylation is 2. The van der Waals surface area contributed by atoms with E-state index in [1.165, 1.54) is 12.1 Å². The van der Waals surface area contributed by atoms with Gasteiger partial charge in [0.05, 0.1) is 13.1 Å². The van der Waals surface area contributed by atoms with Crippen molar-refractivity contribution >= 4 is 70.2 Å². The zero-order valence-electron chi connectivity index (χ0n) is 31.8. The summed E-state index contributed by atoms with van der Waals surface area (Å²) in [6, 6.07) is 2.91. The summed E-state index contributed by atoms with van der Waals surface area (Å²) in [6.45, 7) is 9.99. The zero-order chi connectivity index (χ0) is 42.9. The van der Waals surface area contributed by atoms with Gasteiger partial charge in [-0.2, -0.15) is 0 Å². The largest absolute Gasteiger partial charge is 0.370 e. The molecular weight excluding hydrogens is 789 g/mol. The van der Waals surface area contributed by atoms with Gasteiger partial charge in [-0.1, -0.05) is 61.2 Å². The molecular formula is C34H48Cl2F2N8O10. The van der Waals surface area contributed by atoms with Gasteiger partial charge in [-0.15, -0.1) is 0 Å². The molecule has 0 aliphatic carbocycles. The molecule has 6 amide bonds. The summed E-state index contributed by atoms with van der Waals surface area (Å²) in [5, 5.41) is 8.46. The number of nitrogens with zero attached hydrogens (tertiary/aromatic N) is 4. The van der Waals surface area contributed by atoms with E-state index in [1.807, 2.05) is 27.7 Å². The minimum atomic E-state index is -2.41. The molecule has 0 bridgehead atoms. The number of hydrazine groups is 2. The number of nitrogens with two attached hydrogens (primary N) is 2. The van der Waals surface area contributed by atoms with Crippen molar-refractivity contribution in [3.63, 3.8) is 0 Å². The highest BCUT2D eigenvalue weighted by Crippen LogP contribution is 2.21. The van der Waals surface area contributed by atoms with Crippen LogP contribution >= 0.6 is 23.2 Å². The lowest BCUT2D eigenvalue weighted by Crippen LogP contribution is -2.51. The van der Waals surface area contributed by atoms with Crippen molar-refractivity contribution in [1.82, 2.24) is 31.2 Å². The number of aromatic nitrogens is 2. The summed E-state index contributed by atoms with van der Waals surface area (Å²) in [4.78, 5) is 95.6. The molecule has 0 unspecified atom stereocenters. The number of carbonyl (C=O) groups excluding carboxylic acids is 8. The predicted molar refractivity (Wildman–Crippen MR) is 195 cm³/mol. The third-order valence-corrected chi connectivity index (χ3v) is 7.88. The van der Waals surface area contributed by atoms with Crippen molar-refractivity contribution in [3.8, 4) is 0 Å². The molecule has 0 aliphatic rings. The van der Waals surface area contributed by atoms with Crippen LogP contribution in [0.5, 0.6) is 0 Å². The second-order valence-corrected chi connectivity index (χ2v) is 14.3. The van der Waals surface area contributed by atoms with Crippen LogP contribution in [0.2, 0.25) is 0 Å². The van der Waals surface area contributed by atoms with Crippen molar-refractivity contribution < 1.29 is 56.2 Å². The van der Waals surface area contributed by atoms with E-state index in [9.17, 15) is 47.1 Å². The number of rotatable bonds is 20. The van der Waals surface area contributed by atoms with E-state index in [4.69, 9.17) is 43.7 Å². The van der Waals surface area contributed by atoms with Crippen molar-refractivity contribution in [2.24, 2.45) is 35.1 Å². The molecule has 6 N–H and O–H groups in total. The van der Waals surface area contributed by atoms with Gasteiger partial charge < -0.3 is 20.5 Å². The van der Waals surface area contributed by atoms with Crippen molar-refractivity contribution in [3.05, 3.63) is 35.0 Å². The Kier molecular flexibility index (Phi) is 20.9. The number of amides is 6. The van der Waals surface area contributed by atoms with Gasteiger partial charge in [0.25, 0.3) is 23.1 Å². The summed E-state index contributed by atoms with van der Waals surface area (Å²) in [7, 11) is 0. The van der Waals surface area contributed by atoms with Crippen LogP contribution in [0.4, 0.5) is 8.78 Å². The standard InChI is InChI=1S/2C17H24ClFN4O5/c2*1-9(2)6-11(8-13(24)12-7-10(3)28-22-12)16(26)21-23(5-4-14(20)25)17(27)15(18)19/h2*7,9,11,15H,4-6,8H2,1-3H3,(H2,20,25)(H,21,26)/t11-,15+;11-,15-/m11/s1. The summed E-state index contributed by atoms with van der Waals surface area (Å²) in [5.41, 5.74) is 9.90. The molecule has 0 aromatic carbocycles. The van der Waals surface area contributed by atoms with Gasteiger partial charge in [0.15, 0.2) is 11.6 Å². The second kappa shape index (κ2) is 23.8. The molecule has 0 saturated heterocycles. The number of Topliss-reactive ketones (excluding diaryl/α,β-unsaturated/α-hetero) is 2. The van der Waals surface area contributed by atoms with Gasteiger partial charge in [-0.05, 0) is 38.5 Å². The van der Waals surface area contributed by atoms with E-state index in [0.717, 1.165) is 0 Å². The average molecular weight is 838 g/mol. The smallest absolute Gasteiger partial charge is 0.291 e. The first-order valence-electron chi connectivity index (χ1n) is 17.3. The van der Waals surface area contributed by atoms with Gasteiger partial charge in [-0.25, -0.2) is 18.8 Å². The van der Waals surface area contributed by atoms with Crippen LogP contribution in [0.15, 0.2) is 21.2 Å². The fourth-order valence-electron chi connectivity index (χ4n) is 4.93. The Balaban J connectivity index is 0.000000560. The fraction of sp³-hybridized carbons (Fsp3) is 0.588. The Hall–Kier alpha value is -4.98. The number of alkyl halides is 4. The first kappa shape index (κ1) is 49.0. The van der Waals surface area contributed by atoms with E-state index in [-0.39, 0.29) is 62.0 Å². The van der Waals surface area contributed by atoms with Gasteiger partial charge in [0.1, 0.15) is 22.9 Å². The minimum absolute atomic E-state index is 0.0549. The van der Waals surface area contributed by atoms with Crippen LogP contribution in [-0.2, 0) is 28.8 Å². The van der Waals surface area contributed by atoms with Crippen LogP contribution in [0.25, 0.3) is 0 Å². The summed E-state index contributed by atoms with van der Waals surface area (Å²) >= 11 is 10.3. The van der Waals surface area contributed by atoms with Crippen molar-refractivity contribution in [2.75, 3.05) is 13.1 Å². The fourth-order valence-corrected chi connectivity index (χ4v) is 5.16. The lowest BCUT2D eigenvalue weighted by molar-refractivity contribution is -0.145. The molecule has 0 fully saturated rings. The van der Waals surface area contributed by atoms with Gasteiger partial charge in [-0.3, -0.25) is 49.2 Å². The van der Waals surface area contributed by atoms with Gasteiger partial charge >= 0.3 is 0 Å². The molecule has 2 aromatic rings. The quantitative estimate of drug-likeness (QED) is 0.0852. The molecule has 0 aliphatic heterocycles. The first-order chi connectivity index (χ1) is 26.0. The lowest BCUT2D eigenvalue weighted by atomic mass is 9.91. The summed E-state index contributed by atoms with van der Waals surface area (Å²) < 4.78 is 36.1. The molecule has 0 spiro atoms. The number of nitrogens with one attached hydrogen (secondary N) is 2. The molecule has 56 heavy (non-hydrogen) atoms. The maximum Gasteiger partial charge on any atom is 0.291 e. The van der Waals surface area contributed by atoms with Crippen molar-refractivity contribution in [1.29, 1.82) is 0 Å². The molecule has 2 rings (SSSR count). The molecule has 2 aromatic heterocycles. The van der Waals surface area contributed by atoms with Crippen LogP contribution in [0.1, 0.15) is 98.7 Å². The molecule has 0 radical (unpaired) electrons. The highest BCUT2D eigenvalue weighted by atomic mass is 35.5. The van der Waals surface area contributed by atoms with Crippen LogP contribution in [0.3, 0.4) is 0 Å². The van der Waals surface area contributed by atoms with E-state index in [0.29, 0.717) is 34.4 Å². The predicted octanol–water partition coefficient (Wildman–Crippen LogP) is 2.98. The molecule has 18 nitrogen and oxygen atoms in total. The lowest BCUT2D eigenvalue weighted by Gasteiger charge is -2.26. The maximum absolute atomic E-state index is 13.2. The number of carbonyl (C=O) groups is 8. The third-order valence-electron chi connectivity index (χ3n) is 7.50. The van der Waals surface area contributed by atoms with Gasteiger partial charge in [0.2, 0.25) is 23.6 Å². The molecule has 2 heterocycles.